The molecule has 0 spiro atoms. The summed E-state index contributed by atoms with van der Waals surface area (Å²) in [4.78, 5) is 24.0. The number of rotatable bonds is 10. The van der Waals surface area contributed by atoms with E-state index in [1.807, 2.05) is 59.2 Å². The van der Waals surface area contributed by atoms with E-state index in [0.29, 0.717) is 16.5 Å². The van der Waals surface area contributed by atoms with E-state index in [-0.39, 0.29) is 28.9 Å². The summed E-state index contributed by atoms with van der Waals surface area (Å²) in [6, 6.07) is 20.7. The Labute approximate surface area is 237 Å². The van der Waals surface area contributed by atoms with Gasteiger partial charge in [0, 0.05) is 28.2 Å². The maximum atomic E-state index is 12.6. The van der Waals surface area contributed by atoms with Gasteiger partial charge < -0.3 is 14.2 Å². The fraction of sp³-hybridized carbons (Fsp3) is 0.148. The number of aromatic nitrogens is 3. The molecule has 0 saturated carbocycles. The Hall–Kier alpha value is -4.16. The molecular formula is C27H24BrN5O5S. The lowest BCUT2D eigenvalue weighted by molar-refractivity contribution is -0.132. The number of esters is 1. The highest BCUT2D eigenvalue weighted by Gasteiger charge is 2.18. The molecule has 1 aromatic heterocycles. The van der Waals surface area contributed by atoms with Gasteiger partial charge in [0.25, 0.3) is 5.91 Å². The molecule has 0 aliphatic rings. The van der Waals surface area contributed by atoms with Gasteiger partial charge in [0.15, 0.2) is 22.5 Å². The summed E-state index contributed by atoms with van der Waals surface area (Å²) in [6.45, 7) is 1.28. The van der Waals surface area contributed by atoms with E-state index in [0.717, 1.165) is 15.7 Å². The Morgan fingerprint density at radius 3 is 2.31 bits per heavy atom. The SMILES string of the molecule is COc1cc(C=NNC(=O)CSc2nnc(-c3ccccc3)n2-c2ccc(Br)cc2)cc(OC)c1OC(C)=O. The maximum absolute atomic E-state index is 12.6. The minimum absolute atomic E-state index is 0.0544. The fourth-order valence-corrected chi connectivity index (χ4v) is 4.53. The first-order chi connectivity index (χ1) is 18.9. The lowest BCUT2D eigenvalue weighted by Gasteiger charge is -2.13. The van der Waals surface area contributed by atoms with Crippen LogP contribution in [-0.4, -0.2) is 52.8 Å². The van der Waals surface area contributed by atoms with Crippen molar-refractivity contribution in [2.24, 2.45) is 5.10 Å². The van der Waals surface area contributed by atoms with Gasteiger partial charge in [-0.25, -0.2) is 5.43 Å². The van der Waals surface area contributed by atoms with Crippen molar-refractivity contribution in [2.45, 2.75) is 12.1 Å². The van der Waals surface area contributed by atoms with Crippen LogP contribution in [0.1, 0.15) is 12.5 Å². The molecule has 1 heterocycles. The molecule has 0 atom stereocenters. The van der Waals surface area contributed by atoms with E-state index in [4.69, 9.17) is 14.2 Å². The average molecular weight is 610 g/mol. The normalized spacial score (nSPS) is 10.9. The van der Waals surface area contributed by atoms with Gasteiger partial charge >= 0.3 is 5.97 Å². The molecule has 4 aromatic rings. The molecule has 10 nitrogen and oxygen atoms in total. The van der Waals surface area contributed by atoms with Crippen LogP contribution in [0.15, 0.2) is 81.5 Å². The van der Waals surface area contributed by atoms with Gasteiger partial charge in [0.2, 0.25) is 5.75 Å². The summed E-state index contributed by atoms with van der Waals surface area (Å²) in [5.74, 6) is 0.610. The molecule has 0 aliphatic carbocycles. The number of ether oxygens (including phenoxy) is 3. The number of carbonyl (C=O) groups is 2. The highest BCUT2D eigenvalue weighted by atomic mass is 79.9. The lowest BCUT2D eigenvalue weighted by atomic mass is 10.2. The molecule has 0 bridgehead atoms. The summed E-state index contributed by atoms with van der Waals surface area (Å²) in [7, 11) is 2.88. The molecule has 1 amide bonds. The Balaban J connectivity index is 1.47. The van der Waals surface area contributed by atoms with Crippen molar-refractivity contribution in [3.63, 3.8) is 0 Å². The summed E-state index contributed by atoms with van der Waals surface area (Å²) in [5.41, 5.74) is 4.84. The van der Waals surface area contributed by atoms with Crippen LogP contribution in [0.2, 0.25) is 0 Å². The Morgan fingerprint density at radius 1 is 1.03 bits per heavy atom. The van der Waals surface area contributed by atoms with Crippen molar-refractivity contribution in [3.8, 4) is 34.3 Å². The molecule has 12 heteroatoms. The highest BCUT2D eigenvalue weighted by molar-refractivity contribution is 9.10. The van der Waals surface area contributed by atoms with E-state index in [1.54, 1.807) is 12.1 Å². The number of amides is 1. The smallest absolute Gasteiger partial charge is 0.308 e. The number of methoxy groups -OCH3 is 2. The van der Waals surface area contributed by atoms with Gasteiger partial charge in [-0.15, -0.1) is 10.2 Å². The second kappa shape index (κ2) is 13.1. The number of nitrogens with zero attached hydrogens (tertiary/aromatic N) is 4. The van der Waals surface area contributed by atoms with Gasteiger partial charge in [0.1, 0.15) is 0 Å². The van der Waals surface area contributed by atoms with Gasteiger partial charge in [-0.1, -0.05) is 58.0 Å². The van der Waals surface area contributed by atoms with Gasteiger partial charge in [-0.3, -0.25) is 14.2 Å². The van der Waals surface area contributed by atoms with Crippen LogP contribution in [0.25, 0.3) is 17.1 Å². The molecule has 0 unspecified atom stereocenters. The first-order valence-electron chi connectivity index (χ1n) is 11.6. The van der Waals surface area contributed by atoms with E-state index in [9.17, 15) is 9.59 Å². The first kappa shape index (κ1) is 27.9. The number of thioether (sulfide) groups is 1. The number of carbonyl (C=O) groups excluding carboxylic acids is 2. The summed E-state index contributed by atoms with van der Waals surface area (Å²) in [6.07, 6.45) is 1.43. The van der Waals surface area contributed by atoms with Gasteiger partial charge in [-0.2, -0.15) is 5.10 Å². The predicted molar refractivity (Wildman–Crippen MR) is 152 cm³/mol. The molecule has 0 radical (unpaired) electrons. The monoisotopic (exact) mass is 609 g/mol. The van der Waals surface area contributed by atoms with Crippen LogP contribution >= 0.6 is 27.7 Å². The third-order valence-corrected chi connectivity index (χ3v) is 6.67. The third kappa shape index (κ3) is 7.03. The largest absolute Gasteiger partial charge is 0.493 e. The second-order valence-corrected chi connectivity index (χ2v) is 9.77. The highest BCUT2D eigenvalue weighted by Crippen LogP contribution is 2.38. The zero-order chi connectivity index (χ0) is 27.8. The second-order valence-electron chi connectivity index (χ2n) is 7.91. The maximum Gasteiger partial charge on any atom is 0.308 e. The first-order valence-corrected chi connectivity index (χ1v) is 13.3. The van der Waals surface area contributed by atoms with Crippen molar-refractivity contribution >= 4 is 45.8 Å². The number of hydrogen-bond donors (Lipinski definition) is 1. The standard InChI is InChI=1S/C27H24BrN5O5S/c1-17(34)38-25-22(36-2)13-18(14-23(25)37-3)15-29-30-24(35)16-39-27-32-31-26(19-7-5-4-6-8-19)33(27)21-11-9-20(28)10-12-21/h4-15H,16H2,1-3H3,(H,30,35). The fourth-order valence-electron chi connectivity index (χ4n) is 3.52. The predicted octanol–water partition coefficient (Wildman–Crippen LogP) is 4.88. The van der Waals surface area contributed by atoms with E-state index < -0.39 is 5.97 Å². The van der Waals surface area contributed by atoms with Crippen LogP contribution in [0.5, 0.6) is 17.2 Å². The Morgan fingerprint density at radius 2 is 1.69 bits per heavy atom. The lowest BCUT2D eigenvalue weighted by Crippen LogP contribution is -2.20. The van der Waals surface area contributed by atoms with E-state index in [1.165, 1.54) is 39.1 Å². The summed E-state index contributed by atoms with van der Waals surface area (Å²) in [5, 5.41) is 13.3. The number of hydrogen-bond acceptors (Lipinski definition) is 9. The zero-order valence-corrected chi connectivity index (χ0v) is 23.7. The van der Waals surface area contributed by atoms with Gasteiger partial charge in [-0.05, 0) is 36.4 Å². The molecular weight excluding hydrogens is 586 g/mol. The molecule has 0 fully saturated rings. The molecule has 200 valence electrons. The molecule has 4 rings (SSSR count). The van der Waals surface area contributed by atoms with Crippen molar-refractivity contribution in [1.82, 2.24) is 20.2 Å². The topological polar surface area (TPSA) is 117 Å². The minimum Gasteiger partial charge on any atom is -0.493 e. The van der Waals surface area contributed by atoms with Crippen molar-refractivity contribution in [2.75, 3.05) is 20.0 Å². The van der Waals surface area contributed by atoms with Crippen LogP contribution in [0.3, 0.4) is 0 Å². The molecule has 0 aliphatic heterocycles. The van der Waals surface area contributed by atoms with E-state index >= 15 is 0 Å². The number of nitrogens with one attached hydrogen (secondary N) is 1. The molecule has 39 heavy (non-hydrogen) atoms. The quantitative estimate of drug-likeness (QED) is 0.0888. The van der Waals surface area contributed by atoms with Crippen molar-refractivity contribution < 1.29 is 23.8 Å². The minimum atomic E-state index is -0.510. The molecule has 1 N–H and O–H groups in total. The number of hydrazone groups is 1. The summed E-state index contributed by atoms with van der Waals surface area (Å²) >= 11 is 4.70. The Kier molecular flexibility index (Phi) is 9.34. The number of benzene rings is 3. The van der Waals surface area contributed by atoms with Crippen LogP contribution in [-0.2, 0) is 9.59 Å². The van der Waals surface area contributed by atoms with Crippen LogP contribution < -0.4 is 19.6 Å². The summed E-state index contributed by atoms with van der Waals surface area (Å²) < 4.78 is 18.7. The zero-order valence-electron chi connectivity index (χ0n) is 21.3. The van der Waals surface area contributed by atoms with Gasteiger partial charge in [0.05, 0.1) is 26.2 Å². The average Bonchev–Trinajstić information content (AvgIpc) is 3.37. The van der Waals surface area contributed by atoms with E-state index in [2.05, 4.69) is 36.7 Å². The van der Waals surface area contributed by atoms with Crippen LogP contribution in [0, 0.1) is 0 Å². The van der Waals surface area contributed by atoms with Crippen LogP contribution in [0.4, 0.5) is 0 Å². The molecule has 3 aromatic carbocycles. The number of halogens is 1. The molecule has 0 saturated heterocycles. The third-order valence-electron chi connectivity index (χ3n) is 5.21. The Bertz CT molecular complexity index is 1470. The van der Waals surface area contributed by atoms with Crippen molar-refractivity contribution in [3.05, 3.63) is 76.8 Å². The van der Waals surface area contributed by atoms with Crippen molar-refractivity contribution in [1.29, 1.82) is 0 Å².